The Kier molecular flexibility index (Phi) is 3.03. The van der Waals surface area contributed by atoms with Gasteiger partial charge in [0.2, 0.25) is 0 Å². The molecule has 1 N–H and O–H groups in total. The van der Waals surface area contributed by atoms with Crippen LogP contribution < -0.4 is 5.32 Å². The quantitative estimate of drug-likeness (QED) is 0.801. The molecule has 4 heteroatoms. The molecule has 1 saturated heterocycles. The maximum Gasteiger partial charge on any atom is 0.294 e. The molecule has 14 heavy (non-hydrogen) atoms. The van der Waals surface area contributed by atoms with Crippen LogP contribution >= 0.6 is 0 Å². The summed E-state index contributed by atoms with van der Waals surface area (Å²) < 4.78 is 10.6. The van der Waals surface area contributed by atoms with Gasteiger partial charge in [0.1, 0.15) is 6.26 Å². The van der Waals surface area contributed by atoms with Crippen LogP contribution in [0.2, 0.25) is 0 Å². The minimum Gasteiger partial charge on any atom is -0.432 e. The highest BCUT2D eigenvalue weighted by Gasteiger charge is 2.14. The van der Waals surface area contributed by atoms with Crippen molar-refractivity contribution in [3.8, 4) is 0 Å². The molecule has 0 amide bonds. The van der Waals surface area contributed by atoms with Crippen LogP contribution in [-0.4, -0.2) is 24.7 Å². The van der Waals surface area contributed by atoms with Gasteiger partial charge in [-0.2, -0.15) is 4.98 Å². The van der Waals surface area contributed by atoms with E-state index in [-0.39, 0.29) is 0 Å². The second-order valence-electron chi connectivity index (χ2n) is 3.76. The molecule has 1 aromatic heterocycles. The highest BCUT2D eigenvalue weighted by atomic mass is 16.5. The predicted octanol–water partition coefficient (Wildman–Crippen LogP) is 1.82. The lowest BCUT2D eigenvalue weighted by molar-refractivity contribution is 0.0593. The van der Waals surface area contributed by atoms with Crippen LogP contribution in [0.1, 0.15) is 18.5 Å². The number of hydrogen-bond donors (Lipinski definition) is 1. The Labute approximate surface area is 83.7 Å². The fourth-order valence-corrected chi connectivity index (χ4v) is 1.64. The first-order chi connectivity index (χ1) is 6.84. The Hall–Kier alpha value is -1.03. The molecular weight excluding hydrogens is 180 g/mol. The van der Waals surface area contributed by atoms with Gasteiger partial charge in [0.15, 0.2) is 0 Å². The molecule has 0 bridgehead atoms. The molecule has 0 spiro atoms. The molecule has 78 valence electrons. The van der Waals surface area contributed by atoms with Gasteiger partial charge in [0.05, 0.1) is 12.3 Å². The summed E-state index contributed by atoms with van der Waals surface area (Å²) in [6.07, 6.45) is 4.04. The summed E-state index contributed by atoms with van der Waals surface area (Å²) in [5.74, 6) is 0.593. The zero-order valence-corrected chi connectivity index (χ0v) is 8.45. The Morgan fingerprint density at radius 1 is 1.64 bits per heavy atom. The molecule has 1 unspecified atom stereocenters. The van der Waals surface area contributed by atoms with E-state index < -0.39 is 0 Å². The number of ether oxygens (including phenoxy) is 1. The van der Waals surface area contributed by atoms with Crippen molar-refractivity contribution in [1.82, 2.24) is 4.98 Å². The van der Waals surface area contributed by atoms with Gasteiger partial charge < -0.3 is 14.5 Å². The number of anilines is 1. The molecule has 1 fully saturated rings. The van der Waals surface area contributed by atoms with E-state index in [4.69, 9.17) is 9.15 Å². The first kappa shape index (κ1) is 9.52. The van der Waals surface area contributed by atoms with Crippen molar-refractivity contribution < 1.29 is 9.15 Å². The van der Waals surface area contributed by atoms with Gasteiger partial charge in [0, 0.05) is 13.2 Å². The molecule has 1 aliphatic heterocycles. The summed E-state index contributed by atoms with van der Waals surface area (Å²) in [5.41, 5.74) is 0.910. The highest BCUT2D eigenvalue weighted by Crippen LogP contribution is 2.14. The van der Waals surface area contributed by atoms with Crippen LogP contribution in [0.3, 0.4) is 0 Å². The summed E-state index contributed by atoms with van der Waals surface area (Å²) in [5, 5.41) is 3.18. The number of nitrogens with one attached hydrogen (secondary N) is 1. The average Bonchev–Trinajstić information content (AvgIpc) is 2.63. The maximum absolute atomic E-state index is 5.38. The Morgan fingerprint density at radius 2 is 2.57 bits per heavy atom. The largest absolute Gasteiger partial charge is 0.432 e. The van der Waals surface area contributed by atoms with Gasteiger partial charge in [-0.05, 0) is 25.7 Å². The number of nitrogens with zero attached hydrogens (tertiary/aromatic N) is 1. The third-order valence-corrected chi connectivity index (χ3v) is 2.42. The number of hydrogen-bond acceptors (Lipinski definition) is 4. The summed E-state index contributed by atoms with van der Waals surface area (Å²) in [6.45, 7) is 4.57. The van der Waals surface area contributed by atoms with Gasteiger partial charge in [-0.25, -0.2) is 0 Å². The van der Waals surface area contributed by atoms with E-state index in [1.165, 1.54) is 6.42 Å². The molecular formula is C10H16N2O2. The monoisotopic (exact) mass is 196 g/mol. The van der Waals surface area contributed by atoms with Crippen LogP contribution in [-0.2, 0) is 4.74 Å². The molecule has 1 atom stereocenters. The van der Waals surface area contributed by atoms with E-state index in [1.807, 2.05) is 6.92 Å². The molecule has 0 aromatic carbocycles. The lowest BCUT2D eigenvalue weighted by Crippen LogP contribution is -2.24. The summed E-state index contributed by atoms with van der Waals surface area (Å²) >= 11 is 0. The lowest BCUT2D eigenvalue weighted by atomic mass is 10.0. The van der Waals surface area contributed by atoms with Crippen molar-refractivity contribution in [2.75, 3.05) is 25.1 Å². The Morgan fingerprint density at radius 3 is 3.21 bits per heavy atom. The topological polar surface area (TPSA) is 47.3 Å². The Bertz CT molecular complexity index is 279. The zero-order valence-electron chi connectivity index (χ0n) is 8.45. The first-order valence-corrected chi connectivity index (χ1v) is 5.08. The molecule has 4 nitrogen and oxygen atoms in total. The number of rotatable bonds is 3. The fourth-order valence-electron chi connectivity index (χ4n) is 1.64. The molecule has 0 aliphatic carbocycles. The van der Waals surface area contributed by atoms with Crippen LogP contribution in [0.15, 0.2) is 10.7 Å². The molecule has 0 saturated carbocycles. The van der Waals surface area contributed by atoms with Crippen molar-refractivity contribution in [2.45, 2.75) is 19.8 Å². The second-order valence-corrected chi connectivity index (χ2v) is 3.76. The smallest absolute Gasteiger partial charge is 0.294 e. The van der Waals surface area contributed by atoms with E-state index in [9.17, 15) is 0 Å². The zero-order chi connectivity index (χ0) is 9.80. The van der Waals surface area contributed by atoms with Gasteiger partial charge in [-0.1, -0.05) is 0 Å². The second kappa shape index (κ2) is 4.46. The Balaban J connectivity index is 1.76. The standard InChI is InChI=1S/C10H16N2O2/c1-8-6-14-10(12-8)11-5-9-3-2-4-13-7-9/h6,9H,2-5,7H2,1H3,(H,11,12). The summed E-state index contributed by atoms with van der Waals surface area (Å²) in [6, 6.07) is 0.619. The molecule has 1 aromatic rings. The number of aryl methyl sites for hydroxylation is 1. The van der Waals surface area contributed by atoms with E-state index in [2.05, 4.69) is 10.3 Å². The molecule has 1 aliphatic rings. The van der Waals surface area contributed by atoms with Crippen LogP contribution in [0.5, 0.6) is 0 Å². The van der Waals surface area contributed by atoms with Gasteiger partial charge >= 0.3 is 0 Å². The fraction of sp³-hybridized carbons (Fsp3) is 0.700. The van der Waals surface area contributed by atoms with Crippen molar-refractivity contribution in [3.05, 3.63) is 12.0 Å². The third-order valence-electron chi connectivity index (χ3n) is 2.42. The summed E-state index contributed by atoms with van der Waals surface area (Å²) in [7, 11) is 0. The van der Waals surface area contributed by atoms with Crippen molar-refractivity contribution in [2.24, 2.45) is 5.92 Å². The molecule has 2 heterocycles. The van der Waals surface area contributed by atoms with E-state index >= 15 is 0 Å². The normalized spacial score (nSPS) is 22.2. The maximum atomic E-state index is 5.38. The van der Waals surface area contributed by atoms with E-state index in [1.54, 1.807) is 6.26 Å². The lowest BCUT2D eigenvalue weighted by Gasteiger charge is -2.21. The minimum atomic E-state index is 0.593. The molecule has 0 radical (unpaired) electrons. The van der Waals surface area contributed by atoms with Crippen LogP contribution in [0, 0.1) is 12.8 Å². The average molecular weight is 196 g/mol. The highest BCUT2D eigenvalue weighted by molar-refractivity contribution is 5.20. The van der Waals surface area contributed by atoms with Crippen LogP contribution in [0.4, 0.5) is 6.01 Å². The van der Waals surface area contributed by atoms with Crippen molar-refractivity contribution in [1.29, 1.82) is 0 Å². The minimum absolute atomic E-state index is 0.593. The van der Waals surface area contributed by atoms with Gasteiger partial charge in [0.25, 0.3) is 6.01 Å². The number of aromatic nitrogens is 1. The third kappa shape index (κ3) is 2.48. The molecule has 2 rings (SSSR count). The van der Waals surface area contributed by atoms with Crippen LogP contribution in [0.25, 0.3) is 0 Å². The predicted molar refractivity (Wildman–Crippen MR) is 53.3 cm³/mol. The van der Waals surface area contributed by atoms with Gasteiger partial charge in [-0.15, -0.1) is 0 Å². The van der Waals surface area contributed by atoms with Crippen molar-refractivity contribution >= 4 is 6.01 Å². The number of oxazole rings is 1. The van der Waals surface area contributed by atoms with E-state index in [0.29, 0.717) is 11.9 Å². The SMILES string of the molecule is Cc1coc(NCC2CCCOC2)n1. The summed E-state index contributed by atoms with van der Waals surface area (Å²) in [4.78, 5) is 4.18. The van der Waals surface area contributed by atoms with Gasteiger partial charge in [-0.3, -0.25) is 0 Å². The van der Waals surface area contributed by atoms with Crippen molar-refractivity contribution in [3.63, 3.8) is 0 Å². The first-order valence-electron chi connectivity index (χ1n) is 5.08. The van der Waals surface area contributed by atoms with E-state index in [0.717, 1.165) is 31.9 Å².